The van der Waals surface area contributed by atoms with E-state index < -0.39 is 5.91 Å². The number of carbonyl (C=O) groups excluding carboxylic acids is 1. The summed E-state index contributed by atoms with van der Waals surface area (Å²) in [6, 6.07) is 10.8. The Balaban J connectivity index is 2.27. The number of hydrogen-bond donors (Lipinski definition) is 2. The van der Waals surface area contributed by atoms with E-state index >= 15 is 0 Å². The Morgan fingerprint density at radius 1 is 1.10 bits per heavy atom. The fourth-order valence-corrected chi connectivity index (χ4v) is 1.60. The van der Waals surface area contributed by atoms with E-state index in [4.69, 9.17) is 10.5 Å². The highest BCUT2D eigenvalue weighted by molar-refractivity contribution is 6.04. The zero-order valence-corrected chi connectivity index (χ0v) is 10.2. The van der Waals surface area contributed by atoms with Crippen molar-refractivity contribution in [3.8, 4) is 12.1 Å². The molecular weight excluding hydrogens is 256 g/mol. The molecule has 6 nitrogen and oxygen atoms in total. The third-order valence-electron chi connectivity index (χ3n) is 2.56. The van der Waals surface area contributed by atoms with Crippen molar-refractivity contribution in [3.63, 3.8) is 0 Å². The van der Waals surface area contributed by atoms with E-state index in [1.165, 1.54) is 36.5 Å². The quantitative estimate of drug-likeness (QED) is 0.853. The van der Waals surface area contributed by atoms with Crippen LogP contribution in [-0.4, -0.2) is 10.9 Å². The number of nitriles is 2. The summed E-state index contributed by atoms with van der Waals surface area (Å²) in [5, 5.41) is 20.3. The molecule has 0 saturated carbocycles. The van der Waals surface area contributed by atoms with Crippen LogP contribution < -0.4 is 10.9 Å². The smallest absolute Gasteiger partial charge is 0.255 e. The van der Waals surface area contributed by atoms with Crippen LogP contribution in [0.3, 0.4) is 0 Å². The summed E-state index contributed by atoms with van der Waals surface area (Å²) >= 11 is 0. The molecule has 0 radical (unpaired) electrons. The van der Waals surface area contributed by atoms with Crippen LogP contribution >= 0.6 is 0 Å². The Morgan fingerprint density at radius 2 is 1.85 bits per heavy atom. The normalized spacial score (nSPS) is 9.30. The second-order valence-corrected chi connectivity index (χ2v) is 3.88. The van der Waals surface area contributed by atoms with Gasteiger partial charge in [-0.05, 0) is 24.3 Å². The number of anilines is 1. The van der Waals surface area contributed by atoms with E-state index in [-0.39, 0.29) is 22.2 Å². The summed E-state index contributed by atoms with van der Waals surface area (Å²) in [6.07, 6.45) is 1.37. The third kappa shape index (κ3) is 2.71. The lowest BCUT2D eigenvalue weighted by molar-refractivity contribution is 0.102. The first kappa shape index (κ1) is 13.1. The van der Waals surface area contributed by atoms with Gasteiger partial charge in [0, 0.05) is 23.5 Å². The van der Waals surface area contributed by atoms with Crippen molar-refractivity contribution in [2.24, 2.45) is 0 Å². The summed E-state index contributed by atoms with van der Waals surface area (Å²) in [6.45, 7) is 0. The van der Waals surface area contributed by atoms with Crippen molar-refractivity contribution < 1.29 is 4.79 Å². The van der Waals surface area contributed by atoms with Gasteiger partial charge in [-0.1, -0.05) is 0 Å². The highest BCUT2D eigenvalue weighted by Crippen LogP contribution is 2.15. The molecule has 0 bridgehead atoms. The fourth-order valence-electron chi connectivity index (χ4n) is 1.60. The third-order valence-corrected chi connectivity index (χ3v) is 2.56. The van der Waals surface area contributed by atoms with E-state index in [9.17, 15) is 9.59 Å². The molecule has 2 N–H and O–H groups in total. The minimum absolute atomic E-state index is 0.177. The Morgan fingerprint density at radius 3 is 2.50 bits per heavy atom. The van der Waals surface area contributed by atoms with Crippen LogP contribution in [0, 0.1) is 22.7 Å². The SMILES string of the molecule is N#Cc1ccc(NC(=O)c2cc[nH]c(=O)c2)cc1C#N. The van der Waals surface area contributed by atoms with E-state index in [0.29, 0.717) is 5.69 Å². The molecule has 20 heavy (non-hydrogen) atoms. The molecule has 6 heteroatoms. The number of nitrogens with one attached hydrogen (secondary N) is 2. The van der Waals surface area contributed by atoms with Gasteiger partial charge in [0.1, 0.15) is 12.1 Å². The number of benzene rings is 1. The van der Waals surface area contributed by atoms with Crippen molar-refractivity contribution in [2.45, 2.75) is 0 Å². The molecule has 0 fully saturated rings. The summed E-state index contributed by atoms with van der Waals surface area (Å²) in [5.74, 6) is -0.468. The van der Waals surface area contributed by atoms with Gasteiger partial charge in [-0.3, -0.25) is 9.59 Å². The predicted molar refractivity (Wildman–Crippen MR) is 70.9 cm³/mol. The van der Waals surface area contributed by atoms with Crippen molar-refractivity contribution >= 4 is 11.6 Å². The monoisotopic (exact) mass is 264 g/mol. The first-order valence-corrected chi connectivity index (χ1v) is 5.58. The maximum atomic E-state index is 11.9. The standard InChI is InChI=1S/C14H8N4O2/c15-7-10-1-2-12(5-11(10)8-16)18-14(20)9-3-4-17-13(19)6-9/h1-6H,(H,17,19)(H,18,20). The second-order valence-electron chi connectivity index (χ2n) is 3.88. The largest absolute Gasteiger partial charge is 0.329 e. The molecule has 0 aliphatic rings. The number of aromatic amines is 1. The van der Waals surface area contributed by atoms with Crippen LogP contribution in [0.4, 0.5) is 5.69 Å². The van der Waals surface area contributed by atoms with Crippen LogP contribution in [0.1, 0.15) is 21.5 Å². The Kier molecular flexibility index (Phi) is 3.60. The molecule has 2 rings (SSSR count). The number of pyridine rings is 1. The van der Waals surface area contributed by atoms with Crippen molar-refractivity contribution in [1.29, 1.82) is 10.5 Å². The number of nitrogens with zero attached hydrogens (tertiary/aromatic N) is 2. The molecule has 1 heterocycles. The van der Waals surface area contributed by atoms with Crippen LogP contribution in [0.5, 0.6) is 0 Å². The lowest BCUT2D eigenvalue weighted by atomic mass is 10.1. The van der Waals surface area contributed by atoms with Crippen LogP contribution in [0.25, 0.3) is 0 Å². The average Bonchev–Trinajstić information content (AvgIpc) is 2.47. The van der Waals surface area contributed by atoms with Crippen molar-refractivity contribution in [2.75, 3.05) is 5.32 Å². The van der Waals surface area contributed by atoms with Gasteiger partial charge in [-0.15, -0.1) is 0 Å². The van der Waals surface area contributed by atoms with Gasteiger partial charge >= 0.3 is 0 Å². The van der Waals surface area contributed by atoms with Crippen LogP contribution in [0.15, 0.2) is 41.3 Å². The second kappa shape index (κ2) is 5.51. The topological polar surface area (TPSA) is 110 Å². The molecule has 0 aliphatic carbocycles. The summed E-state index contributed by atoms with van der Waals surface area (Å²) in [5.41, 5.74) is 0.621. The lowest BCUT2D eigenvalue weighted by Crippen LogP contribution is -2.15. The first-order valence-electron chi connectivity index (χ1n) is 5.58. The average molecular weight is 264 g/mol. The molecular formula is C14H8N4O2. The van der Waals surface area contributed by atoms with Crippen LogP contribution in [-0.2, 0) is 0 Å². The highest BCUT2D eigenvalue weighted by atomic mass is 16.2. The number of aromatic nitrogens is 1. The fraction of sp³-hybridized carbons (Fsp3) is 0. The number of rotatable bonds is 2. The van der Waals surface area contributed by atoms with Crippen LogP contribution in [0.2, 0.25) is 0 Å². The van der Waals surface area contributed by atoms with E-state index in [0.717, 1.165) is 0 Å². The number of amides is 1. The molecule has 2 aromatic rings. The van der Waals surface area contributed by atoms with Crippen molar-refractivity contribution in [3.05, 3.63) is 63.6 Å². The van der Waals surface area contributed by atoms with E-state index in [1.807, 2.05) is 12.1 Å². The summed E-state index contributed by atoms with van der Waals surface area (Å²) in [7, 11) is 0. The molecule has 0 aliphatic heterocycles. The molecule has 1 aromatic carbocycles. The minimum atomic E-state index is -0.468. The minimum Gasteiger partial charge on any atom is -0.329 e. The maximum Gasteiger partial charge on any atom is 0.255 e. The Labute approximate surface area is 113 Å². The lowest BCUT2D eigenvalue weighted by Gasteiger charge is -2.05. The van der Waals surface area contributed by atoms with Gasteiger partial charge in [0.15, 0.2) is 0 Å². The van der Waals surface area contributed by atoms with Gasteiger partial charge < -0.3 is 10.3 Å². The summed E-state index contributed by atoms with van der Waals surface area (Å²) in [4.78, 5) is 25.4. The highest BCUT2D eigenvalue weighted by Gasteiger charge is 2.08. The molecule has 0 spiro atoms. The zero-order valence-electron chi connectivity index (χ0n) is 10.2. The molecule has 96 valence electrons. The molecule has 1 amide bonds. The van der Waals surface area contributed by atoms with Gasteiger partial charge in [0.2, 0.25) is 5.56 Å². The summed E-state index contributed by atoms with van der Waals surface area (Å²) < 4.78 is 0. The number of H-pyrrole nitrogens is 1. The van der Waals surface area contributed by atoms with Gasteiger partial charge in [-0.2, -0.15) is 10.5 Å². The molecule has 0 atom stereocenters. The Bertz CT molecular complexity index is 809. The van der Waals surface area contributed by atoms with Gasteiger partial charge in [-0.25, -0.2) is 0 Å². The van der Waals surface area contributed by atoms with Gasteiger partial charge in [0.05, 0.1) is 11.1 Å². The van der Waals surface area contributed by atoms with Crippen molar-refractivity contribution in [1.82, 2.24) is 4.98 Å². The van der Waals surface area contributed by atoms with E-state index in [2.05, 4.69) is 10.3 Å². The molecule has 0 unspecified atom stereocenters. The van der Waals surface area contributed by atoms with E-state index in [1.54, 1.807) is 0 Å². The zero-order chi connectivity index (χ0) is 14.5. The first-order chi connectivity index (χ1) is 9.63. The number of carbonyl (C=O) groups is 1. The maximum absolute atomic E-state index is 11.9. The predicted octanol–water partition coefficient (Wildman–Crippen LogP) is 1.37. The number of hydrogen-bond acceptors (Lipinski definition) is 4. The molecule has 1 aromatic heterocycles. The molecule has 0 saturated heterocycles. The van der Waals surface area contributed by atoms with Gasteiger partial charge in [0.25, 0.3) is 5.91 Å². The Hall–Kier alpha value is -3.38.